The molecule has 0 spiro atoms. The molecular weight excluding hydrogens is 358 g/mol. The Morgan fingerprint density at radius 1 is 1.19 bits per heavy atom. The van der Waals surface area contributed by atoms with Gasteiger partial charge in [0.1, 0.15) is 5.82 Å². The van der Waals surface area contributed by atoms with Gasteiger partial charge in [-0.2, -0.15) is 4.37 Å². The zero-order chi connectivity index (χ0) is 18.7. The lowest BCUT2D eigenvalue weighted by Crippen LogP contribution is -2.50. The van der Waals surface area contributed by atoms with Gasteiger partial charge in [0, 0.05) is 56.1 Å². The second kappa shape index (κ2) is 7.94. The van der Waals surface area contributed by atoms with Gasteiger partial charge in [-0.25, -0.2) is 4.98 Å². The summed E-state index contributed by atoms with van der Waals surface area (Å²) < 4.78 is 4.37. The van der Waals surface area contributed by atoms with E-state index in [0.29, 0.717) is 6.54 Å². The number of rotatable bonds is 7. The predicted molar refractivity (Wildman–Crippen MR) is 108 cm³/mol. The van der Waals surface area contributed by atoms with Gasteiger partial charge in [0.15, 0.2) is 0 Å². The number of aromatic nitrogens is 2. The molecule has 1 N–H and O–H groups in total. The molecule has 1 aliphatic carbocycles. The van der Waals surface area contributed by atoms with E-state index in [1.165, 1.54) is 17.1 Å². The summed E-state index contributed by atoms with van der Waals surface area (Å²) in [5, 5.41) is 4.18. The summed E-state index contributed by atoms with van der Waals surface area (Å²) in [6, 6.07) is 10.6. The number of anilines is 1. The van der Waals surface area contributed by atoms with Crippen molar-refractivity contribution >= 4 is 22.6 Å². The Balaban J connectivity index is 1.22. The third-order valence-electron chi connectivity index (χ3n) is 5.65. The van der Waals surface area contributed by atoms with Crippen LogP contribution in [-0.4, -0.2) is 59.4 Å². The number of nitrogens with zero attached hydrogens (tertiary/aromatic N) is 4. The number of carbonyl (C=O) groups is 1. The zero-order valence-corrected chi connectivity index (χ0v) is 16.7. The summed E-state index contributed by atoms with van der Waals surface area (Å²) >= 11 is 1.48. The molecule has 1 aliphatic heterocycles. The fourth-order valence-electron chi connectivity index (χ4n) is 3.65. The summed E-state index contributed by atoms with van der Waals surface area (Å²) in [6.45, 7) is 6.89. The van der Waals surface area contributed by atoms with Crippen molar-refractivity contribution in [1.29, 1.82) is 0 Å². The first-order chi connectivity index (χ1) is 13.2. The Bertz CT molecular complexity index is 766. The SMILES string of the molecule is CCc1nsc(N2CCN(CC(=O)NCC3(c4ccccc4)CC3)CC2)n1. The maximum atomic E-state index is 12.4. The molecule has 0 atom stereocenters. The second-order valence-corrected chi connectivity index (χ2v) is 8.26. The van der Waals surface area contributed by atoms with Crippen LogP contribution in [0.5, 0.6) is 0 Å². The molecular formula is C20H27N5OS. The van der Waals surface area contributed by atoms with E-state index in [0.717, 1.165) is 62.9 Å². The molecule has 2 fully saturated rings. The van der Waals surface area contributed by atoms with Crippen molar-refractivity contribution in [2.24, 2.45) is 0 Å². The molecule has 0 radical (unpaired) electrons. The monoisotopic (exact) mass is 385 g/mol. The lowest BCUT2D eigenvalue weighted by atomic mass is 9.96. The molecule has 1 saturated heterocycles. The first-order valence-electron chi connectivity index (χ1n) is 9.81. The van der Waals surface area contributed by atoms with Crippen LogP contribution in [0.2, 0.25) is 0 Å². The number of carbonyl (C=O) groups excluding carboxylic acids is 1. The van der Waals surface area contributed by atoms with Gasteiger partial charge in [0.25, 0.3) is 0 Å². The van der Waals surface area contributed by atoms with E-state index in [9.17, 15) is 4.79 Å². The quantitative estimate of drug-likeness (QED) is 0.791. The first-order valence-corrected chi connectivity index (χ1v) is 10.6. The standard InChI is InChI=1S/C20H27N5OS/c1-2-17-22-19(27-23-17)25-12-10-24(11-13-25)14-18(26)21-15-20(8-9-20)16-6-4-3-5-7-16/h3-7H,2,8-15H2,1H3,(H,21,26). The Morgan fingerprint density at radius 2 is 1.93 bits per heavy atom. The summed E-state index contributed by atoms with van der Waals surface area (Å²) in [4.78, 5) is 21.5. The fraction of sp³-hybridized carbons (Fsp3) is 0.550. The van der Waals surface area contributed by atoms with Crippen LogP contribution in [0.3, 0.4) is 0 Å². The molecule has 1 aromatic carbocycles. The van der Waals surface area contributed by atoms with Crippen molar-refractivity contribution in [3.8, 4) is 0 Å². The third kappa shape index (κ3) is 4.30. The molecule has 6 nitrogen and oxygen atoms in total. The second-order valence-electron chi connectivity index (χ2n) is 7.53. The molecule has 2 heterocycles. The van der Waals surface area contributed by atoms with Crippen molar-refractivity contribution < 1.29 is 4.79 Å². The van der Waals surface area contributed by atoms with E-state index in [-0.39, 0.29) is 11.3 Å². The van der Waals surface area contributed by atoms with Gasteiger partial charge < -0.3 is 10.2 Å². The third-order valence-corrected chi connectivity index (χ3v) is 6.46. The fourth-order valence-corrected chi connectivity index (χ4v) is 4.45. The Hall–Kier alpha value is -1.99. The summed E-state index contributed by atoms with van der Waals surface area (Å²) in [7, 11) is 0. The van der Waals surface area contributed by atoms with E-state index in [4.69, 9.17) is 0 Å². The lowest BCUT2D eigenvalue weighted by molar-refractivity contribution is -0.122. The molecule has 2 aromatic rings. The topological polar surface area (TPSA) is 61.4 Å². The summed E-state index contributed by atoms with van der Waals surface area (Å²) in [6.07, 6.45) is 3.20. The minimum atomic E-state index is 0.134. The van der Waals surface area contributed by atoms with Crippen LogP contribution in [0.15, 0.2) is 30.3 Å². The summed E-state index contributed by atoms with van der Waals surface area (Å²) in [5.74, 6) is 1.05. The number of nitrogens with one attached hydrogen (secondary N) is 1. The van der Waals surface area contributed by atoms with E-state index in [1.807, 2.05) is 6.07 Å². The zero-order valence-electron chi connectivity index (χ0n) is 15.9. The molecule has 2 aliphatic rings. The van der Waals surface area contributed by atoms with Crippen molar-refractivity contribution in [2.75, 3.05) is 44.2 Å². The lowest BCUT2D eigenvalue weighted by Gasteiger charge is -2.34. The van der Waals surface area contributed by atoms with Gasteiger partial charge in [-0.1, -0.05) is 37.3 Å². The highest BCUT2D eigenvalue weighted by molar-refractivity contribution is 7.09. The molecule has 144 valence electrons. The number of amides is 1. The number of benzene rings is 1. The smallest absolute Gasteiger partial charge is 0.234 e. The highest BCUT2D eigenvalue weighted by Gasteiger charge is 2.44. The molecule has 4 rings (SSSR count). The van der Waals surface area contributed by atoms with Crippen LogP contribution in [0, 0.1) is 0 Å². The molecule has 1 amide bonds. The van der Waals surface area contributed by atoms with E-state index < -0.39 is 0 Å². The average molecular weight is 386 g/mol. The first kappa shape index (κ1) is 18.4. The van der Waals surface area contributed by atoms with Gasteiger partial charge in [0.05, 0.1) is 6.54 Å². The minimum Gasteiger partial charge on any atom is -0.354 e. The van der Waals surface area contributed by atoms with Crippen molar-refractivity contribution in [2.45, 2.75) is 31.6 Å². The largest absolute Gasteiger partial charge is 0.354 e. The number of aryl methyl sites for hydroxylation is 1. The van der Waals surface area contributed by atoms with Crippen molar-refractivity contribution in [3.63, 3.8) is 0 Å². The van der Waals surface area contributed by atoms with Gasteiger partial charge in [-0.15, -0.1) is 0 Å². The number of hydrogen-bond donors (Lipinski definition) is 1. The van der Waals surface area contributed by atoms with Gasteiger partial charge in [0.2, 0.25) is 11.0 Å². The van der Waals surface area contributed by atoms with Crippen LogP contribution >= 0.6 is 11.5 Å². The minimum absolute atomic E-state index is 0.134. The van der Waals surface area contributed by atoms with Crippen LogP contribution in [0.25, 0.3) is 0 Å². The molecule has 27 heavy (non-hydrogen) atoms. The number of piperazine rings is 1. The molecule has 7 heteroatoms. The molecule has 0 bridgehead atoms. The predicted octanol–water partition coefficient (Wildman–Crippen LogP) is 2.07. The van der Waals surface area contributed by atoms with E-state index in [1.54, 1.807) is 0 Å². The van der Waals surface area contributed by atoms with Crippen molar-refractivity contribution in [3.05, 3.63) is 41.7 Å². The highest BCUT2D eigenvalue weighted by atomic mass is 32.1. The molecule has 1 saturated carbocycles. The van der Waals surface area contributed by atoms with Gasteiger partial charge >= 0.3 is 0 Å². The Morgan fingerprint density at radius 3 is 2.56 bits per heavy atom. The van der Waals surface area contributed by atoms with Gasteiger partial charge in [-0.05, 0) is 18.4 Å². The maximum absolute atomic E-state index is 12.4. The van der Waals surface area contributed by atoms with E-state index >= 15 is 0 Å². The van der Waals surface area contributed by atoms with Gasteiger partial charge in [-0.3, -0.25) is 9.69 Å². The van der Waals surface area contributed by atoms with Crippen LogP contribution in [0.4, 0.5) is 5.13 Å². The molecule has 0 unspecified atom stereocenters. The summed E-state index contributed by atoms with van der Waals surface area (Å²) in [5.41, 5.74) is 1.52. The Labute approximate surface area is 164 Å². The number of hydrogen-bond acceptors (Lipinski definition) is 6. The average Bonchev–Trinajstić information content (AvgIpc) is 3.36. The normalized spacial score (nSPS) is 19.1. The van der Waals surface area contributed by atoms with E-state index in [2.05, 4.69) is 55.7 Å². The molecule has 1 aromatic heterocycles. The van der Waals surface area contributed by atoms with Crippen LogP contribution in [-0.2, 0) is 16.6 Å². The van der Waals surface area contributed by atoms with Crippen molar-refractivity contribution in [1.82, 2.24) is 19.6 Å². The Kier molecular flexibility index (Phi) is 5.41. The van der Waals surface area contributed by atoms with Crippen LogP contribution < -0.4 is 10.2 Å². The maximum Gasteiger partial charge on any atom is 0.234 e. The highest BCUT2D eigenvalue weighted by Crippen LogP contribution is 2.47. The van der Waals surface area contributed by atoms with Crippen LogP contribution in [0.1, 0.15) is 31.2 Å².